The molecule has 0 fully saturated rings. The number of carbonyl (C=O) groups is 1. The average molecular weight is 231 g/mol. The fourth-order valence-corrected chi connectivity index (χ4v) is 1.89. The maximum absolute atomic E-state index is 11.8. The highest BCUT2D eigenvalue weighted by molar-refractivity contribution is 5.67. The van der Waals surface area contributed by atoms with Crippen LogP contribution in [0.1, 0.15) is 18.4 Å². The minimum Gasteiger partial charge on any atom is -0.445 e. The molecule has 17 heavy (non-hydrogen) atoms. The highest BCUT2D eigenvalue weighted by Gasteiger charge is 2.21. The Morgan fingerprint density at radius 1 is 1.29 bits per heavy atom. The molecular formula is C14H17NO2. The van der Waals surface area contributed by atoms with Gasteiger partial charge in [0.2, 0.25) is 0 Å². The summed E-state index contributed by atoms with van der Waals surface area (Å²) in [7, 11) is 1.80. The van der Waals surface area contributed by atoms with Crippen LogP contribution in [-0.2, 0) is 11.3 Å². The molecule has 0 unspecified atom stereocenters. The van der Waals surface area contributed by atoms with Crippen molar-refractivity contribution >= 4 is 6.09 Å². The number of benzene rings is 1. The van der Waals surface area contributed by atoms with E-state index in [0.29, 0.717) is 6.61 Å². The zero-order valence-electron chi connectivity index (χ0n) is 10.0. The van der Waals surface area contributed by atoms with Gasteiger partial charge in [-0.15, -0.1) is 0 Å². The molecule has 1 amide bonds. The lowest BCUT2D eigenvalue weighted by Gasteiger charge is -2.23. The summed E-state index contributed by atoms with van der Waals surface area (Å²) in [5, 5.41) is 0. The van der Waals surface area contributed by atoms with Gasteiger partial charge in [-0.05, 0) is 18.4 Å². The van der Waals surface area contributed by atoms with Crippen molar-refractivity contribution in [2.24, 2.45) is 0 Å². The van der Waals surface area contributed by atoms with Crippen LogP contribution in [0.25, 0.3) is 0 Å². The molecule has 0 atom stereocenters. The average Bonchev–Trinajstić information content (AvgIpc) is 2.90. The minimum atomic E-state index is -0.248. The topological polar surface area (TPSA) is 29.5 Å². The van der Waals surface area contributed by atoms with Crippen LogP contribution in [0.2, 0.25) is 0 Å². The van der Waals surface area contributed by atoms with E-state index in [9.17, 15) is 4.79 Å². The molecule has 90 valence electrons. The molecule has 1 aromatic carbocycles. The summed E-state index contributed by atoms with van der Waals surface area (Å²) in [6, 6.07) is 9.98. The minimum absolute atomic E-state index is 0.248. The van der Waals surface area contributed by atoms with E-state index in [1.807, 2.05) is 30.3 Å². The molecule has 0 heterocycles. The molecule has 0 bridgehead atoms. The number of hydrogen-bond acceptors (Lipinski definition) is 2. The summed E-state index contributed by atoms with van der Waals surface area (Å²) in [6.45, 7) is 0.337. The number of hydrogen-bond donors (Lipinski definition) is 0. The maximum atomic E-state index is 11.8. The summed E-state index contributed by atoms with van der Waals surface area (Å²) < 4.78 is 5.26. The van der Waals surface area contributed by atoms with Crippen molar-refractivity contribution in [1.82, 2.24) is 4.90 Å². The molecule has 0 saturated carbocycles. The largest absolute Gasteiger partial charge is 0.445 e. The Bertz CT molecular complexity index is 392. The predicted molar refractivity (Wildman–Crippen MR) is 66.6 cm³/mol. The van der Waals surface area contributed by atoms with Crippen LogP contribution in [0.4, 0.5) is 4.79 Å². The van der Waals surface area contributed by atoms with Gasteiger partial charge in [-0.3, -0.25) is 0 Å². The lowest BCUT2D eigenvalue weighted by atomic mass is 10.2. The van der Waals surface area contributed by atoms with E-state index < -0.39 is 0 Å². The van der Waals surface area contributed by atoms with Crippen molar-refractivity contribution in [3.8, 4) is 0 Å². The van der Waals surface area contributed by atoms with Crippen LogP contribution >= 0.6 is 0 Å². The van der Waals surface area contributed by atoms with Crippen molar-refractivity contribution in [2.45, 2.75) is 25.5 Å². The van der Waals surface area contributed by atoms with Crippen LogP contribution < -0.4 is 0 Å². The van der Waals surface area contributed by atoms with Gasteiger partial charge in [-0.2, -0.15) is 0 Å². The Balaban J connectivity index is 1.81. The number of amides is 1. The third-order valence-electron chi connectivity index (χ3n) is 3.02. The quantitative estimate of drug-likeness (QED) is 0.748. The van der Waals surface area contributed by atoms with Gasteiger partial charge in [-0.25, -0.2) is 4.79 Å². The third kappa shape index (κ3) is 3.09. The van der Waals surface area contributed by atoms with E-state index in [1.165, 1.54) is 0 Å². The van der Waals surface area contributed by atoms with Gasteiger partial charge in [0.25, 0.3) is 0 Å². The standard InChI is InChI=1S/C14H17NO2/c1-15(13-9-5-6-10-13)14(16)17-11-12-7-3-2-4-8-12/h2-8,13H,9-11H2,1H3. The van der Waals surface area contributed by atoms with Gasteiger partial charge < -0.3 is 9.64 Å². The molecule has 0 aliphatic heterocycles. The maximum Gasteiger partial charge on any atom is 0.410 e. The van der Waals surface area contributed by atoms with Crippen molar-refractivity contribution in [1.29, 1.82) is 0 Å². The SMILES string of the molecule is CN(C(=O)OCc1ccccc1)C1CC=CC1. The summed E-state index contributed by atoms with van der Waals surface area (Å²) in [4.78, 5) is 13.5. The van der Waals surface area contributed by atoms with Crippen molar-refractivity contribution < 1.29 is 9.53 Å². The second-order valence-corrected chi connectivity index (χ2v) is 4.25. The second kappa shape index (κ2) is 5.53. The normalized spacial score (nSPS) is 14.9. The zero-order chi connectivity index (χ0) is 12.1. The number of nitrogens with zero attached hydrogens (tertiary/aromatic N) is 1. The van der Waals surface area contributed by atoms with Gasteiger partial charge in [0.1, 0.15) is 6.61 Å². The fourth-order valence-electron chi connectivity index (χ4n) is 1.89. The summed E-state index contributed by atoms with van der Waals surface area (Å²) in [6.07, 6.45) is 5.81. The molecule has 2 rings (SSSR count). The second-order valence-electron chi connectivity index (χ2n) is 4.25. The smallest absolute Gasteiger partial charge is 0.410 e. The highest BCUT2D eigenvalue weighted by Crippen LogP contribution is 2.16. The first-order chi connectivity index (χ1) is 8.27. The summed E-state index contributed by atoms with van der Waals surface area (Å²) in [5.74, 6) is 0. The Morgan fingerprint density at radius 2 is 1.94 bits per heavy atom. The Kier molecular flexibility index (Phi) is 3.81. The Morgan fingerprint density at radius 3 is 2.59 bits per heavy atom. The molecule has 0 N–H and O–H groups in total. The monoisotopic (exact) mass is 231 g/mol. The summed E-state index contributed by atoms with van der Waals surface area (Å²) in [5.41, 5.74) is 1.01. The fraction of sp³-hybridized carbons (Fsp3) is 0.357. The molecule has 3 heteroatoms. The molecule has 1 aliphatic carbocycles. The molecule has 0 aromatic heterocycles. The van der Waals surface area contributed by atoms with E-state index in [1.54, 1.807) is 11.9 Å². The van der Waals surface area contributed by atoms with Crippen LogP contribution in [0.15, 0.2) is 42.5 Å². The molecular weight excluding hydrogens is 214 g/mol. The number of rotatable bonds is 3. The van der Waals surface area contributed by atoms with Gasteiger partial charge in [0.05, 0.1) is 0 Å². The van der Waals surface area contributed by atoms with E-state index in [2.05, 4.69) is 12.2 Å². The summed E-state index contributed by atoms with van der Waals surface area (Å²) >= 11 is 0. The number of carbonyl (C=O) groups excluding carboxylic acids is 1. The van der Waals surface area contributed by atoms with Gasteiger partial charge in [-0.1, -0.05) is 42.5 Å². The lowest BCUT2D eigenvalue weighted by molar-refractivity contribution is 0.0926. The highest BCUT2D eigenvalue weighted by atomic mass is 16.6. The van der Waals surface area contributed by atoms with E-state index >= 15 is 0 Å². The molecule has 3 nitrogen and oxygen atoms in total. The van der Waals surface area contributed by atoms with Crippen molar-refractivity contribution in [2.75, 3.05) is 7.05 Å². The number of ether oxygens (including phenoxy) is 1. The Labute approximate surface area is 102 Å². The first-order valence-electron chi connectivity index (χ1n) is 5.86. The molecule has 0 saturated heterocycles. The zero-order valence-corrected chi connectivity index (χ0v) is 10.0. The van der Waals surface area contributed by atoms with E-state index in [-0.39, 0.29) is 12.1 Å². The third-order valence-corrected chi connectivity index (χ3v) is 3.02. The van der Waals surface area contributed by atoms with Crippen molar-refractivity contribution in [3.05, 3.63) is 48.0 Å². The molecule has 0 radical (unpaired) electrons. The van der Waals surface area contributed by atoms with E-state index in [0.717, 1.165) is 18.4 Å². The van der Waals surface area contributed by atoms with Crippen LogP contribution in [-0.4, -0.2) is 24.1 Å². The first kappa shape index (κ1) is 11.7. The first-order valence-corrected chi connectivity index (χ1v) is 5.86. The van der Waals surface area contributed by atoms with Crippen molar-refractivity contribution in [3.63, 3.8) is 0 Å². The van der Waals surface area contributed by atoms with Gasteiger partial charge in [0.15, 0.2) is 0 Å². The molecule has 1 aromatic rings. The van der Waals surface area contributed by atoms with Gasteiger partial charge in [0, 0.05) is 13.1 Å². The van der Waals surface area contributed by atoms with Crippen LogP contribution in [0.5, 0.6) is 0 Å². The van der Waals surface area contributed by atoms with Crippen LogP contribution in [0.3, 0.4) is 0 Å². The lowest BCUT2D eigenvalue weighted by Crippen LogP contribution is -2.35. The predicted octanol–water partition coefficient (Wildman–Crippen LogP) is 2.97. The molecule has 1 aliphatic rings. The van der Waals surface area contributed by atoms with Crippen LogP contribution in [0, 0.1) is 0 Å². The van der Waals surface area contributed by atoms with Gasteiger partial charge >= 0.3 is 6.09 Å². The molecule has 0 spiro atoms. The van der Waals surface area contributed by atoms with E-state index in [4.69, 9.17) is 4.74 Å². The Hall–Kier alpha value is -1.77.